The number of nitrogens with zero attached hydrogens (tertiary/aromatic N) is 1. The van der Waals surface area contributed by atoms with Crippen LogP contribution in [0.1, 0.15) is 11.1 Å². The zero-order valence-corrected chi connectivity index (χ0v) is 13.1. The molecular formula is C15H16BrClN2. The molecule has 0 bridgehead atoms. The highest BCUT2D eigenvalue weighted by Gasteiger charge is 2.05. The summed E-state index contributed by atoms with van der Waals surface area (Å²) in [6.07, 6.45) is 0. The van der Waals surface area contributed by atoms with E-state index in [0.29, 0.717) is 0 Å². The summed E-state index contributed by atoms with van der Waals surface area (Å²) in [5.41, 5.74) is 9.15. The molecule has 0 aromatic heterocycles. The van der Waals surface area contributed by atoms with E-state index in [1.165, 1.54) is 5.56 Å². The van der Waals surface area contributed by atoms with E-state index in [4.69, 9.17) is 17.3 Å². The zero-order chi connectivity index (χ0) is 13.8. The van der Waals surface area contributed by atoms with Crippen LogP contribution in [0.25, 0.3) is 0 Å². The quantitative estimate of drug-likeness (QED) is 0.841. The molecule has 0 saturated carbocycles. The topological polar surface area (TPSA) is 29.3 Å². The van der Waals surface area contributed by atoms with E-state index in [1.54, 1.807) is 0 Å². The third-order valence-electron chi connectivity index (χ3n) is 2.89. The number of nitrogens with two attached hydrogens (primary N) is 1. The lowest BCUT2D eigenvalue weighted by atomic mass is 10.1. The van der Waals surface area contributed by atoms with Crippen molar-refractivity contribution in [3.63, 3.8) is 0 Å². The van der Waals surface area contributed by atoms with Crippen molar-refractivity contribution in [1.82, 2.24) is 4.90 Å². The summed E-state index contributed by atoms with van der Waals surface area (Å²) >= 11 is 9.40. The standard InChI is InChI=1S/C15H16BrClN2/c1-19(9-11-3-2-4-14(17)7-11)10-12-5-6-13(16)8-15(12)18/h2-8H,9-10,18H2,1H3. The van der Waals surface area contributed by atoms with Gasteiger partial charge in [-0.3, -0.25) is 4.90 Å². The third kappa shape index (κ3) is 4.23. The second kappa shape index (κ2) is 6.42. The molecule has 0 heterocycles. The summed E-state index contributed by atoms with van der Waals surface area (Å²) in [5.74, 6) is 0. The van der Waals surface area contributed by atoms with Gasteiger partial charge in [0.25, 0.3) is 0 Å². The molecule has 0 aliphatic carbocycles. The molecule has 0 atom stereocenters. The molecule has 2 N–H and O–H groups in total. The highest BCUT2D eigenvalue weighted by molar-refractivity contribution is 9.10. The summed E-state index contributed by atoms with van der Waals surface area (Å²) in [6, 6.07) is 13.9. The number of halogens is 2. The van der Waals surface area contributed by atoms with Gasteiger partial charge in [-0.2, -0.15) is 0 Å². The molecular weight excluding hydrogens is 324 g/mol. The molecule has 0 radical (unpaired) electrons. The van der Waals surface area contributed by atoms with E-state index in [0.717, 1.165) is 33.8 Å². The fraction of sp³-hybridized carbons (Fsp3) is 0.200. The molecule has 0 saturated heterocycles. The molecule has 19 heavy (non-hydrogen) atoms. The number of hydrogen-bond donors (Lipinski definition) is 1. The highest BCUT2D eigenvalue weighted by Crippen LogP contribution is 2.20. The number of hydrogen-bond acceptors (Lipinski definition) is 2. The second-order valence-corrected chi connectivity index (χ2v) is 6.00. The minimum absolute atomic E-state index is 0.772. The van der Waals surface area contributed by atoms with Crippen LogP contribution >= 0.6 is 27.5 Å². The Hall–Kier alpha value is -1.03. The van der Waals surface area contributed by atoms with Crippen LogP contribution in [0, 0.1) is 0 Å². The fourth-order valence-electron chi connectivity index (χ4n) is 2.00. The molecule has 4 heteroatoms. The molecule has 0 amide bonds. The second-order valence-electron chi connectivity index (χ2n) is 4.65. The van der Waals surface area contributed by atoms with Gasteiger partial charge in [0.2, 0.25) is 0 Å². The maximum absolute atomic E-state index is 6.01. The lowest BCUT2D eigenvalue weighted by Gasteiger charge is -2.18. The van der Waals surface area contributed by atoms with Crippen LogP contribution in [0.5, 0.6) is 0 Å². The molecule has 2 aromatic carbocycles. The van der Waals surface area contributed by atoms with Gasteiger partial charge in [0.15, 0.2) is 0 Å². The first-order valence-corrected chi connectivity index (χ1v) is 7.18. The summed E-state index contributed by atoms with van der Waals surface area (Å²) in [4.78, 5) is 2.21. The van der Waals surface area contributed by atoms with Crippen molar-refractivity contribution in [2.75, 3.05) is 12.8 Å². The Labute approximate surface area is 127 Å². The average Bonchev–Trinajstić information content (AvgIpc) is 2.33. The van der Waals surface area contributed by atoms with Crippen molar-refractivity contribution in [3.05, 3.63) is 63.1 Å². The SMILES string of the molecule is CN(Cc1cccc(Cl)c1)Cc1ccc(Br)cc1N. The van der Waals surface area contributed by atoms with Crippen molar-refractivity contribution < 1.29 is 0 Å². The Bertz CT molecular complexity index is 572. The van der Waals surface area contributed by atoms with Gasteiger partial charge in [-0.15, -0.1) is 0 Å². The average molecular weight is 340 g/mol. The predicted octanol–water partition coefficient (Wildman–Crippen LogP) is 4.32. The normalized spacial score (nSPS) is 10.9. The van der Waals surface area contributed by atoms with Gasteiger partial charge in [0.05, 0.1) is 0 Å². The van der Waals surface area contributed by atoms with E-state index in [1.807, 2.05) is 36.4 Å². The smallest absolute Gasteiger partial charge is 0.0409 e. The molecule has 100 valence electrons. The van der Waals surface area contributed by atoms with Gasteiger partial charge < -0.3 is 5.73 Å². The molecule has 2 aromatic rings. The minimum atomic E-state index is 0.772. The van der Waals surface area contributed by atoms with E-state index in [9.17, 15) is 0 Å². The van der Waals surface area contributed by atoms with Crippen molar-refractivity contribution in [2.45, 2.75) is 13.1 Å². The van der Waals surface area contributed by atoms with Crippen LogP contribution in [-0.2, 0) is 13.1 Å². The first-order valence-electron chi connectivity index (χ1n) is 6.01. The van der Waals surface area contributed by atoms with Gasteiger partial charge in [0, 0.05) is 28.3 Å². The lowest BCUT2D eigenvalue weighted by molar-refractivity contribution is 0.319. The summed E-state index contributed by atoms with van der Waals surface area (Å²) in [5, 5.41) is 0.772. The van der Waals surface area contributed by atoms with E-state index >= 15 is 0 Å². The fourth-order valence-corrected chi connectivity index (χ4v) is 2.60. The van der Waals surface area contributed by atoms with E-state index in [2.05, 4.69) is 33.9 Å². The van der Waals surface area contributed by atoms with Crippen LogP contribution in [0.15, 0.2) is 46.9 Å². The first kappa shape index (κ1) is 14.4. The maximum atomic E-state index is 6.01. The van der Waals surface area contributed by atoms with Crippen molar-refractivity contribution in [2.24, 2.45) is 0 Å². The Morgan fingerprint density at radius 2 is 1.95 bits per heavy atom. The Morgan fingerprint density at radius 1 is 1.16 bits per heavy atom. The van der Waals surface area contributed by atoms with Crippen LogP contribution in [0.2, 0.25) is 5.02 Å². The Kier molecular flexibility index (Phi) is 4.86. The molecule has 0 aliphatic rings. The number of nitrogen functional groups attached to an aromatic ring is 1. The van der Waals surface area contributed by atoms with Crippen LogP contribution < -0.4 is 5.73 Å². The van der Waals surface area contributed by atoms with Gasteiger partial charge in [0.1, 0.15) is 0 Å². The van der Waals surface area contributed by atoms with E-state index < -0.39 is 0 Å². The Balaban J connectivity index is 2.03. The summed E-state index contributed by atoms with van der Waals surface area (Å²) < 4.78 is 1.01. The molecule has 2 rings (SSSR count). The van der Waals surface area contributed by atoms with Gasteiger partial charge in [-0.1, -0.05) is 45.7 Å². The number of anilines is 1. The van der Waals surface area contributed by atoms with Gasteiger partial charge in [-0.25, -0.2) is 0 Å². The van der Waals surface area contributed by atoms with Crippen LogP contribution in [0.4, 0.5) is 5.69 Å². The molecule has 0 aliphatic heterocycles. The lowest BCUT2D eigenvalue weighted by Crippen LogP contribution is -2.18. The van der Waals surface area contributed by atoms with Crippen LogP contribution in [-0.4, -0.2) is 11.9 Å². The van der Waals surface area contributed by atoms with Crippen molar-refractivity contribution in [3.8, 4) is 0 Å². The molecule has 2 nitrogen and oxygen atoms in total. The Morgan fingerprint density at radius 3 is 2.63 bits per heavy atom. The predicted molar refractivity (Wildman–Crippen MR) is 85.2 cm³/mol. The zero-order valence-electron chi connectivity index (χ0n) is 10.7. The molecule has 0 fully saturated rings. The maximum Gasteiger partial charge on any atom is 0.0409 e. The highest BCUT2D eigenvalue weighted by atomic mass is 79.9. The van der Waals surface area contributed by atoms with Crippen molar-refractivity contribution >= 4 is 33.2 Å². The van der Waals surface area contributed by atoms with Crippen LogP contribution in [0.3, 0.4) is 0 Å². The van der Waals surface area contributed by atoms with Gasteiger partial charge in [-0.05, 0) is 42.4 Å². The number of benzene rings is 2. The summed E-state index contributed by atoms with van der Waals surface area (Å²) in [6.45, 7) is 1.65. The number of rotatable bonds is 4. The van der Waals surface area contributed by atoms with E-state index in [-0.39, 0.29) is 0 Å². The van der Waals surface area contributed by atoms with Gasteiger partial charge >= 0.3 is 0 Å². The largest absolute Gasteiger partial charge is 0.398 e. The minimum Gasteiger partial charge on any atom is -0.398 e. The monoisotopic (exact) mass is 338 g/mol. The third-order valence-corrected chi connectivity index (χ3v) is 3.62. The molecule has 0 spiro atoms. The molecule has 0 unspecified atom stereocenters. The first-order chi connectivity index (χ1) is 9.04. The summed E-state index contributed by atoms with van der Waals surface area (Å²) in [7, 11) is 2.07. The van der Waals surface area contributed by atoms with Crippen molar-refractivity contribution in [1.29, 1.82) is 0 Å².